The Morgan fingerprint density at radius 3 is 2.18 bits per heavy atom. The highest BCUT2D eigenvalue weighted by Gasteiger charge is 2.02. The van der Waals surface area contributed by atoms with Crippen LogP contribution in [-0.4, -0.2) is 12.6 Å². The Hall–Kier alpha value is -0.790. The van der Waals surface area contributed by atoms with E-state index in [-0.39, 0.29) is 5.97 Å². The fraction of sp³-hybridized carbons (Fsp3) is 0.800. The average Bonchev–Trinajstić information content (AvgIpc) is 2.32. The Balaban J connectivity index is 3.42. The van der Waals surface area contributed by atoms with Crippen LogP contribution in [0.5, 0.6) is 0 Å². The predicted octanol–water partition coefficient (Wildman–Crippen LogP) is 4.64. The first kappa shape index (κ1) is 16.2. The van der Waals surface area contributed by atoms with Gasteiger partial charge in [-0.3, -0.25) is 0 Å². The predicted molar refractivity (Wildman–Crippen MR) is 73.0 cm³/mol. The molecule has 0 aromatic carbocycles. The molecule has 0 saturated carbocycles. The van der Waals surface area contributed by atoms with Crippen molar-refractivity contribution in [3.63, 3.8) is 0 Å². The van der Waals surface area contributed by atoms with Gasteiger partial charge in [-0.1, -0.05) is 51.5 Å². The number of carbonyl (C=O) groups is 1. The molecule has 0 amide bonds. The molecule has 2 nitrogen and oxygen atoms in total. The molecule has 0 rings (SSSR count). The maximum absolute atomic E-state index is 11.3. The Morgan fingerprint density at radius 1 is 1.00 bits per heavy atom. The first-order valence-corrected chi connectivity index (χ1v) is 7.06. The minimum absolute atomic E-state index is 0.171. The highest BCUT2D eigenvalue weighted by Crippen LogP contribution is 2.09. The third-order valence-corrected chi connectivity index (χ3v) is 2.86. The van der Waals surface area contributed by atoms with Gasteiger partial charge in [-0.05, 0) is 26.7 Å². The monoisotopic (exact) mass is 240 g/mol. The van der Waals surface area contributed by atoms with Gasteiger partial charge in [0.05, 0.1) is 6.61 Å². The molecule has 0 unspecified atom stereocenters. The van der Waals surface area contributed by atoms with Crippen molar-refractivity contribution in [3.05, 3.63) is 11.6 Å². The summed E-state index contributed by atoms with van der Waals surface area (Å²) in [6, 6.07) is 0. The van der Waals surface area contributed by atoms with Gasteiger partial charge < -0.3 is 4.74 Å². The molecule has 0 aliphatic carbocycles. The molecule has 0 aliphatic rings. The molecular weight excluding hydrogens is 212 g/mol. The van der Waals surface area contributed by atoms with Crippen LogP contribution in [-0.2, 0) is 9.53 Å². The number of ether oxygens (including phenoxy) is 1. The number of esters is 1. The molecule has 0 aliphatic heterocycles. The van der Waals surface area contributed by atoms with E-state index in [0.717, 1.165) is 12.0 Å². The number of hydrogen-bond donors (Lipinski definition) is 0. The second-order valence-corrected chi connectivity index (χ2v) is 4.52. The normalized spacial score (nSPS) is 11.6. The van der Waals surface area contributed by atoms with E-state index in [2.05, 4.69) is 6.92 Å². The molecule has 2 heteroatoms. The second-order valence-electron chi connectivity index (χ2n) is 4.52. The van der Waals surface area contributed by atoms with Crippen LogP contribution in [0.25, 0.3) is 0 Å². The van der Waals surface area contributed by atoms with Crippen LogP contribution in [0.15, 0.2) is 11.6 Å². The van der Waals surface area contributed by atoms with Crippen molar-refractivity contribution >= 4 is 5.97 Å². The van der Waals surface area contributed by atoms with E-state index in [1.165, 1.54) is 44.9 Å². The summed E-state index contributed by atoms with van der Waals surface area (Å²) in [6.45, 7) is 6.37. The summed E-state index contributed by atoms with van der Waals surface area (Å²) in [6.07, 6.45) is 12.2. The van der Waals surface area contributed by atoms with Crippen LogP contribution in [0.1, 0.15) is 72.1 Å². The fourth-order valence-electron chi connectivity index (χ4n) is 1.75. The molecule has 0 aromatic rings. The van der Waals surface area contributed by atoms with Gasteiger partial charge in [0, 0.05) is 5.57 Å². The fourth-order valence-corrected chi connectivity index (χ4v) is 1.75. The summed E-state index contributed by atoms with van der Waals surface area (Å²) in [5, 5.41) is 0. The summed E-state index contributed by atoms with van der Waals surface area (Å²) in [4.78, 5) is 11.3. The van der Waals surface area contributed by atoms with Gasteiger partial charge in [0.1, 0.15) is 0 Å². The van der Waals surface area contributed by atoms with Gasteiger partial charge in [0.2, 0.25) is 0 Å². The lowest BCUT2D eigenvalue weighted by Gasteiger charge is -2.02. The smallest absolute Gasteiger partial charge is 0.333 e. The highest BCUT2D eigenvalue weighted by atomic mass is 16.5. The molecule has 0 heterocycles. The Bertz CT molecular complexity index is 219. The maximum atomic E-state index is 11.3. The van der Waals surface area contributed by atoms with E-state index in [9.17, 15) is 4.79 Å². The summed E-state index contributed by atoms with van der Waals surface area (Å²) in [5.41, 5.74) is 0.748. The van der Waals surface area contributed by atoms with Crippen molar-refractivity contribution in [2.45, 2.75) is 72.1 Å². The molecule has 100 valence electrons. The molecule has 0 fully saturated rings. The number of allylic oxidation sites excluding steroid dienone is 1. The van der Waals surface area contributed by atoms with Crippen molar-refractivity contribution in [3.8, 4) is 0 Å². The SMILES string of the molecule is CCCCCCCCC/C=C(\C)C(=O)OCC. The quantitative estimate of drug-likeness (QED) is 0.316. The Kier molecular flexibility index (Phi) is 11.1. The molecule has 0 radical (unpaired) electrons. The number of unbranched alkanes of at least 4 members (excludes halogenated alkanes) is 7. The van der Waals surface area contributed by atoms with Gasteiger partial charge in [-0.2, -0.15) is 0 Å². The van der Waals surface area contributed by atoms with E-state index >= 15 is 0 Å². The van der Waals surface area contributed by atoms with Gasteiger partial charge in [-0.15, -0.1) is 0 Å². The van der Waals surface area contributed by atoms with E-state index in [1.54, 1.807) is 0 Å². The second kappa shape index (κ2) is 11.7. The standard InChI is InChI=1S/C15H28O2/c1-4-6-7-8-9-10-11-12-13-14(3)15(16)17-5-2/h13H,4-12H2,1-3H3/b14-13+. The average molecular weight is 240 g/mol. The van der Waals surface area contributed by atoms with E-state index in [1.807, 2.05) is 19.9 Å². The zero-order valence-electron chi connectivity index (χ0n) is 11.8. The third-order valence-electron chi connectivity index (χ3n) is 2.86. The summed E-state index contributed by atoms with van der Waals surface area (Å²) >= 11 is 0. The molecule has 0 bridgehead atoms. The largest absolute Gasteiger partial charge is 0.463 e. The van der Waals surface area contributed by atoms with Crippen molar-refractivity contribution in [2.75, 3.05) is 6.61 Å². The minimum Gasteiger partial charge on any atom is -0.463 e. The first-order valence-electron chi connectivity index (χ1n) is 7.06. The number of hydrogen-bond acceptors (Lipinski definition) is 2. The maximum Gasteiger partial charge on any atom is 0.333 e. The summed E-state index contributed by atoms with van der Waals surface area (Å²) in [5.74, 6) is -0.171. The molecule has 0 spiro atoms. The van der Waals surface area contributed by atoms with E-state index in [4.69, 9.17) is 4.74 Å². The summed E-state index contributed by atoms with van der Waals surface area (Å²) < 4.78 is 4.92. The molecule has 17 heavy (non-hydrogen) atoms. The van der Waals surface area contributed by atoms with Crippen LogP contribution in [0.2, 0.25) is 0 Å². The van der Waals surface area contributed by atoms with Crippen LogP contribution in [0.4, 0.5) is 0 Å². The van der Waals surface area contributed by atoms with E-state index in [0.29, 0.717) is 6.61 Å². The first-order chi connectivity index (χ1) is 8.22. The van der Waals surface area contributed by atoms with Gasteiger partial charge >= 0.3 is 5.97 Å². The molecular formula is C15H28O2. The van der Waals surface area contributed by atoms with Crippen molar-refractivity contribution in [1.29, 1.82) is 0 Å². The van der Waals surface area contributed by atoms with Crippen LogP contribution in [0.3, 0.4) is 0 Å². The third kappa shape index (κ3) is 10.1. The Morgan fingerprint density at radius 2 is 1.59 bits per heavy atom. The lowest BCUT2D eigenvalue weighted by atomic mass is 10.1. The van der Waals surface area contributed by atoms with Crippen LogP contribution in [0, 0.1) is 0 Å². The van der Waals surface area contributed by atoms with Crippen molar-refractivity contribution < 1.29 is 9.53 Å². The zero-order chi connectivity index (χ0) is 12.9. The van der Waals surface area contributed by atoms with Crippen molar-refractivity contribution in [1.82, 2.24) is 0 Å². The summed E-state index contributed by atoms with van der Waals surface area (Å²) in [7, 11) is 0. The van der Waals surface area contributed by atoms with E-state index < -0.39 is 0 Å². The van der Waals surface area contributed by atoms with Crippen LogP contribution < -0.4 is 0 Å². The lowest BCUT2D eigenvalue weighted by Crippen LogP contribution is -2.04. The molecule has 0 saturated heterocycles. The number of carbonyl (C=O) groups excluding carboxylic acids is 1. The Labute approximate surface area is 106 Å². The zero-order valence-corrected chi connectivity index (χ0v) is 11.8. The molecule has 0 aromatic heterocycles. The van der Waals surface area contributed by atoms with Crippen LogP contribution >= 0.6 is 0 Å². The minimum atomic E-state index is -0.171. The molecule has 0 N–H and O–H groups in total. The van der Waals surface area contributed by atoms with Crippen molar-refractivity contribution in [2.24, 2.45) is 0 Å². The van der Waals surface area contributed by atoms with Gasteiger partial charge in [-0.25, -0.2) is 4.79 Å². The lowest BCUT2D eigenvalue weighted by molar-refractivity contribution is -0.138. The highest BCUT2D eigenvalue weighted by molar-refractivity contribution is 5.87. The number of rotatable bonds is 10. The molecule has 0 atom stereocenters. The van der Waals surface area contributed by atoms with Gasteiger partial charge in [0.15, 0.2) is 0 Å². The van der Waals surface area contributed by atoms with Gasteiger partial charge in [0.25, 0.3) is 0 Å². The topological polar surface area (TPSA) is 26.3 Å².